The number of halogens is 3. The van der Waals surface area contributed by atoms with Crippen LogP contribution in [0.15, 0.2) is 40.9 Å². The highest BCUT2D eigenvalue weighted by atomic mass is 79.9. The van der Waals surface area contributed by atoms with E-state index in [-0.39, 0.29) is 22.2 Å². The molecule has 0 aliphatic rings. The van der Waals surface area contributed by atoms with Gasteiger partial charge in [-0.3, -0.25) is 4.79 Å². The number of ether oxygens (including phenoxy) is 1. The van der Waals surface area contributed by atoms with Crippen LogP contribution >= 0.6 is 15.9 Å². The van der Waals surface area contributed by atoms with Crippen molar-refractivity contribution in [3.63, 3.8) is 0 Å². The van der Waals surface area contributed by atoms with Gasteiger partial charge in [-0.2, -0.15) is 0 Å². The Kier molecular flexibility index (Phi) is 4.34. The Balaban J connectivity index is 2.15. The van der Waals surface area contributed by atoms with E-state index < -0.39 is 17.5 Å². The fourth-order valence-electron chi connectivity index (χ4n) is 1.57. The van der Waals surface area contributed by atoms with Gasteiger partial charge in [0, 0.05) is 11.1 Å². The molecule has 0 aromatic heterocycles. The predicted molar refractivity (Wildman–Crippen MR) is 73.3 cm³/mol. The average molecular weight is 342 g/mol. The Bertz CT molecular complexity index is 662. The predicted octanol–water partition coefficient (Wildman–Crippen LogP) is 3.41. The number of rotatable bonds is 4. The van der Waals surface area contributed by atoms with Gasteiger partial charge in [0.25, 0.3) is 0 Å². The number of primary amides is 1. The molecule has 0 saturated carbocycles. The molecule has 0 spiro atoms. The SMILES string of the molecule is NC(=O)c1ccc(F)c(COc2ccc(F)c(Br)c2)c1. The van der Waals surface area contributed by atoms with Gasteiger partial charge in [-0.15, -0.1) is 0 Å². The highest BCUT2D eigenvalue weighted by Crippen LogP contribution is 2.23. The number of hydrogen-bond donors (Lipinski definition) is 1. The minimum atomic E-state index is -0.643. The van der Waals surface area contributed by atoms with Gasteiger partial charge in [0.1, 0.15) is 24.0 Å². The van der Waals surface area contributed by atoms with Crippen molar-refractivity contribution in [3.05, 3.63) is 63.6 Å². The first-order chi connectivity index (χ1) is 9.47. The Morgan fingerprint density at radius 1 is 1.15 bits per heavy atom. The summed E-state index contributed by atoms with van der Waals surface area (Å²) >= 11 is 3.03. The largest absolute Gasteiger partial charge is 0.489 e. The summed E-state index contributed by atoms with van der Waals surface area (Å²) in [5.41, 5.74) is 5.52. The van der Waals surface area contributed by atoms with Crippen LogP contribution < -0.4 is 10.5 Å². The van der Waals surface area contributed by atoms with Crippen LogP contribution in [0.5, 0.6) is 5.75 Å². The molecule has 0 unspecified atom stereocenters. The van der Waals surface area contributed by atoms with Gasteiger partial charge in [-0.05, 0) is 52.3 Å². The van der Waals surface area contributed by atoms with Crippen LogP contribution in [0.25, 0.3) is 0 Å². The summed E-state index contributed by atoms with van der Waals surface area (Å²) in [4.78, 5) is 11.0. The molecular weight excluding hydrogens is 332 g/mol. The van der Waals surface area contributed by atoms with Crippen molar-refractivity contribution in [3.8, 4) is 5.75 Å². The molecule has 0 atom stereocenters. The summed E-state index contributed by atoms with van der Waals surface area (Å²) in [6.45, 7) is -0.0922. The van der Waals surface area contributed by atoms with Gasteiger partial charge < -0.3 is 10.5 Å². The third kappa shape index (κ3) is 3.33. The molecular formula is C14H10BrF2NO2. The van der Waals surface area contributed by atoms with Crippen LogP contribution in [-0.2, 0) is 6.61 Å². The first kappa shape index (κ1) is 14.5. The third-order valence-electron chi connectivity index (χ3n) is 2.62. The van der Waals surface area contributed by atoms with E-state index >= 15 is 0 Å². The van der Waals surface area contributed by atoms with E-state index in [9.17, 15) is 13.6 Å². The highest BCUT2D eigenvalue weighted by Gasteiger charge is 2.08. The van der Waals surface area contributed by atoms with Gasteiger partial charge >= 0.3 is 0 Å². The molecule has 0 aliphatic heterocycles. The van der Waals surface area contributed by atoms with Gasteiger partial charge in [-0.1, -0.05) is 0 Å². The van der Waals surface area contributed by atoms with E-state index in [1.165, 1.54) is 30.3 Å². The minimum absolute atomic E-state index is 0.0922. The summed E-state index contributed by atoms with van der Waals surface area (Å²) in [7, 11) is 0. The number of carbonyl (C=O) groups excluding carboxylic acids is 1. The smallest absolute Gasteiger partial charge is 0.248 e. The van der Waals surface area contributed by atoms with Crippen LogP contribution in [0.3, 0.4) is 0 Å². The lowest BCUT2D eigenvalue weighted by Gasteiger charge is -2.08. The summed E-state index contributed by atoms with van der Waals surface area (Å²) in [6, 6.07) is 7.88. The molecule has 0 bridgehead atoms. The quantitative estimate of drug-likeness (QED) is 0.926. The van der Waals surface area contributed by atoms with Crippen molar-refractivity contribution < 1.29 is 18.3 Å². The Hall–Kier alpha value is -1.95. The lowest BCUT2D eigenvalue weighted by molar-refractivity contribution is 0.1000. The fraction of sp³-hybridized carbons (Fsp3) is 0.0714. The number of benzene rings is 2. The maximum Gasteiger partial charge on any atom is 0.248 e. The Labute approximate surface area is 122 Å². The second-order valence-electron chi connectivity index (χ2n) is 4.04. The standard InChI is InChI=1S/C14H10BrF2NO2/c15-11-6-10(2-4-13(11)17)20-7-9-5-8(14(18)19)1-3-12(9)16/h1-6H,7H2,(H2,18,19). The number of carbonyl (C=O) groups is 1. The van der Waals surface area contributed by atoms with E-state index in [0.717, 1.165) is 6.07 Å². The Morgan fingerprint density at radius 3 is 2.50 bits per heavy atom. The van der Waals surface area contributed by atoms with Crippen molar-refractivity contribution in [2.45, 2.75) is 6.61 Å². The first-order valence-electron chi connectivity index (χ1n) is 5.63. The van der Waals surface area contributed by atoms with Crippen LogP contribution in [0.4, 0.5) is 8.78 Å². The minimum Gasteiger partial charge on any atom is -0.489 e. The summed E-state index contributed by atoms with van der Waals surface area (Å²) in [5.74, 6) is -1.19. The van der Waals surface area contributed by atoms with Crippen LogP contribution in [0, 0.1) is 11.6 Å². The van der Waals surface area contributed by atoms with Crippen molar-refractivity contribution in [2.24, 2.45) is 5.73 Å². The molecule has 2 aromatic carbocycles. The van der Waals surface area contributed by atoms with Gasteiger partial charge in [0.2, 0.25) is 5.91 Å². The molecule has 0 aliphatic carbocycles. The molecule has 0 radical (unpaired) electrons. The maximum absolute atomic E-state index is 13.6. The zero-order chi connectivity index (χ0) is 14.7. The number of hydrogen-bond acceptors (Lipinski definition) is 2. The van der Waals surface area contributed by atoms with E-state index in [2.05, 4.69) is 15.9 Å². The normalized spacial score (nSPS) is 10.3. The first-order valence-corrected chi connectivity index (χ1v) is 6.43. The lowest BCUT2D eigenvalue weighted by atomic mass is 10.1. The molecule has 2 N–H and O–H groups in total. The second kappa shape index (κ2) is 6.00. The van der Waals surface area contributed by atoms with Crippen LogP contribution in [0.1, 0.15) is 15.9 Å². The molecule has 0 fully saturated rings. The van der Waals surface area contributed by atoms with Crippen molar-refractivity contribution in [2.75, 3.05) is 0 Å². The molecule has 6 heteroatoms. The topological polar surface area (TPSA) is 52.3 Å². The van der Waals surface area contributed by atoms with E-state index in [1.807, 2.05) is 0 Å². The molecule has 2 aromatic rings. The van der Waals surface area contributed by atoms with Gasteiger partial charge in [0.05, 0.1) is 4.47 Å². The highest BCUT2D eigenvalue weighted by molar-refractivity contribution is 9.10. The molecule has 0 saturated heterocycles. The number of amides is 1. The Morgan fingerprint density at radius 2 is 1.85 bits per heavy atom. The second-order valence-corrected chi connectivity index (χ2v) is 4.89. The van der Waals surface area contributed by atoms with Crippen molar-refractivity contribution in [1.82, 2.24) is 0 Å². The van der Waals surface area contributed by atoms with Crippen molar-refractivity contribution >= 4 is 21.8 Å². The van der Waals surface area contributed by atoms with Gasteiger partial charge in [0.15, 0.2) is 0 Å². The zero-order valence-corrected chi connectivity index (χ0v) is 11.8. The third-order valence-corrected chi connectivity index (χ3v) is 3.22. The lowest BCUT2D eigenvalue weighted by Crippen LogP contribution is -2.12. The summed E-state index contributed by atoms with van der Waals surface area (Å²) in [5, 5.41) is 0. The summed E-state index contributed by atoms with van der Waals surface area (Å²) < 4.78 is 32.2. The zero-order valence-electron chi connectivity index (χ0n) is 10.2. The van der Waals surface area contributed by atoms with E-state index in [0.29, 0.717) is 5.75 Å². The van der Waals surface area contributed by atoms with E-state index in [4.69, 9.17) is 10.5 Å². The van der Waals surface area contributed by atoms with E-state index in [1.54, 1.807) is 0 Å². The fourth-order valence-corrected chi connectivity index (χ4v) is 1.92. The molecule has 20 heavy (non-hydrogen) atoms. The van der Waals surface area contributed by atoms with Crippen LogP contribution in [-0.4, -0.2) is 5.91 Å². The summed E-state index contributed by atoms with van der Waals surface area (Å²) in [6.07, 6.45) is 0. The molecule has 2 rings (SSSR count). The van der Waals surface area contributed by atoms with Crippen molar-refractivity contribution in [1.29, 1.82) is 0 Å². The molecule has 1 amide bonds. The maximum atomic E-state index is 13.6. The average Bonchev–Trinajstić information content (AvgIpc) is 2.41. The molecule has 3 nitrogen and oxygen atoms in total. The molecule has 104 valence electrons. The number of nitrogens with two attached hydrogens (primary N) is 1. The van der Waals surface area contributed by atoms with Crippen LogP contribution in [0.2, 0.25) is 0 Å². The van der Waals surface area contributed by atoms with Gasteiger partial charge in [-0.25, -0.2) is 8.78 Å². The molecule has 0 heterocycles. The monoisotopic (exact) mass is 341 g/mol.